The third-order valence-corrected chi connectivity index (χ3v) is 2.97. The fourth-order valence-corrected chi connectivity index (χ4v) is 2.09. The Morgan fingerprint density at radius 1 is 1.35 bits per heavy atom. The molecule has 0 unspecified atom stereocenters. The molecular formula is C13H19N3O. The monoisotopic (exact) mass is 233 g/mol. The van der Waals surface area contributed by atoms with Gasteiger partial charge in [-0.3, -0.25) is 4.79 Å². The molecule has 1 aromatic rings. The molecule has 1 aliphatic rings. The number of amides is 1. The second-order valence-corrected chi connectivity index (χ2v) is 4.29. The Kier molecular flexibility index (Phi) is 3.96. The lowest BCUT2D eigenvalue weighted by molar-refractivity contribution is 0.0718. The highest BCUT2D eigenvalue weighted by Gasteiger charge is 2.19. The number of aromatic nitrogens is 1. The van der Waals surface area contributed by atoms with Crippen LogP contribution >= 0.6 is 0 Å². The fraction of sp³-hybridized carbons (Fsp3) is 0.538. The zero-order valence-electron chi connectivity index (χ0n) is 10.3. The van der Waals surface area contributed by atoms with Gasteiger partial charge in [0.15, 0.2) is 0 Å². The first-order valence-electron chi connectivity index (χ1n) is 6.31. The minimum absolute atomic E-state index is 0.0597. The van der Waals surface area contributed by atoms with E-state index in [9.17, 15) is 4.79 Å². The quantitative estimate of drug-likeness (QED) is 0.870. The van der Waals surface area contributed by atoms with Crippen LogP contribution in [0.1, 0.15) is 36.7 Å². The van der Waals surface area contributed by atoms with Crippen molar-refractivity contribution in [3.05, 3.63) is 23.9 Å². The highest BCUT2D eigenvalue weighted by Crippen LogP contribution is 2.13. The standard InChI is InChI=1S/C13H19N3O/c1-2-14-12-8-6-7-11(15-12)13(17)16-9-4-3-5-10-16/h6-8H,2-5,9-10H2,1H3,(H,14,15). The summed E-state index contributed by atoms with van der Waals surface area (Å²) in [4.78, 5) is 18.4. The van der Waals surface area contributed by atoms with Crippen LogP contribution < -0.4 is 5.32 Å². The van der Waals surface area contributed by atoms with Gasteiger partial charge in [0, 0.05) is 19.6 Å². The molecule has 0 bridgehead atoms. The van der Waals surface area contributed by atoms with Gasteiger partial charge in [0.25, 0.3) is 5.91 Å². The highest BCUT2D eigenvalue weighted by molar-refractivity contribution is 5.92. The lowest BCUT2D eigenvalue weighted by atomic mass is 10.1. The first kappa shape index (κ1) is 11.9. The Morgan fingerprint density at radius 3 is 2.82 bits per heavy atom. The van der Waals surface area contributed by atoms with Crippen LogP contribution in [0.4, 0.5) is 5.82 Å². The summed E-state index contributed by atoms with van der Waals surface area (Å²) in [7, 11) is 0. The topological polar surface area (TPSA) is 45.2 Å². The molecule has 1 aliphatic heterocycles. The molecule has 0 aliphatic carbocycles. The van der Waals surface area contributed by atoms with Gasteiger partial charge >= 0.3 is 0 Å². The third-order valence-electron chi connectivity index (χ3n) is 2.97. The zero-order chi connectivity index (χ0) is 12.1. The van der Waals surface area contributed by atoms with E-state index >= 15 is 0 Å². The number of anilines is 1. The molecule has 0 radical (unpaired) electrons. The molecule has 17 heavy (non-hydrogen) atoms. The van der Waals surface area contributed by atoms with Crippen molar-refractivity contribution in [2.45, 2.75) is 26.2 Å². The first-order chi connectivity index (χ1) is 8.31. The van der Waals surface area contributed by atoms with Crippen LogP contribution in [0.5, 0.6) is 0 Å². The third kappa shape index (κ3) is 2.96. The highest BCUT2D eigenvalue weighted by atomic mass is 16.2. The molecule has 4 heteroatoms. The zero-order valence-corrected chi connectivity index (χ0v) is 10.3. The van der Waals surface area contributed by atoms with E-state index in [2.05, 4.69) is 10.3 Å². The maximum absolute atomic E-state index is 12.2. The number of carbonyl (C=O) groups is 1. The molecule has 0 atom stereocenters. The Balaban J connectivity index is 2.09. The Morgan fingerprint density at radius 2 is 2.12 bits per heavy atom. The molecule has 1 fully saturated rings. The van der Waals surface area contributed by atoms with E-state index < -0.39 is 0 Å². The normalized spacial score (nSPS) is 15.7. The molecule has 1 saturated heterocycles. The number of piperidine rings is 1. The van der Waals surface area contributed by atoms with E-state index in [0.29, 0.717) is 5.69 Å². The second kappa shape index (κ2) is 5.66. The average Bonchev–Trinajstić information content (AvgIpc) is 2.40. The molecule has 2 heterocycles. The van der Waals surface area contributed by atoms with Crippen molar-refractivity contribution in [1.29, 1.82) is 0 Å². The van der Waals surface area contributed by atoms with E-state index in [0.717, 1.165) is 38.3 Å². The number of rotatable bonds is 3. The largest absolute Gasteiger partial charge is 0.370 e. The van der Waals surface area contributed by atoms with Crippen LogP contribution in [0.25, 0.3) is 0 Å². The van der Waals surface area contributed by atoms with E-state index in [-0.39, 0.29) is 5.91 Å². The fourth-order valence-electron chi connectivity index (χ4n) is 2.09. The van der Waals surface area contributed by atoms with Gasteiger partial charge in [0.05, 0.1) is 0 Å². The van der Waals surface area contributed by atoms with Gasteiger partial charge in [-0.25, -0.2) is 4.98 Å². The Bertz CT molecular complexity index is 386. The van der Waals surface area contributed by atoms with E-state index in [1.165, 1.54) is 6.42 Å². The van der Waals surface area contributed by atoms with Crippen molar-refractivity contribution in [2.75, 3.05) is 25.0 Å². The summed E-state index contributed by atoms with van der Waals surface area (Å²) in [6, 6.07) is 5.55. The van der Waals surface area contributed by atoms with E-state index in [1.807, 2.05) is 24.0 Å². The summed E-state index contributed by atoms with van der Waals surface area (Å²) in [5.74, 6) is 0.833. The lowest BCUT2D eigenvalue weighted by Gasteiger charge is -2.26. The van der Waals surface area contributed by atoms with Gasteiger partial charge in [-0.1, -0.05) is 6.07 Å². The van der Waals surface area contributed by atoms with Crippen molar-refractivity contribution < 1.29 is 4.79 Å². The van der Waals surface area contributed by atoms with Gasteiger partial charge in [-0.15, -0.1) is 0 Å². The summed E-state index contributed by atoms with van der Waals surface area (Å²) >= 11 is 0. The maximum atomic E-state index is 12.2. The van der Waals surface area contributed by atoms with Gasteiger partial charge in [0.1, 0.15) is 11.5 Å². The van der Waals surface area contributed by atoms with Crippen LogP contribution in [0.2, 0.25) is 0 Å². The van der Waals surface area contributed by atoms with Crippen molar-refractivity contribution in [2.24, 2.45) is 0 Å². The molecule has 0 aromatic carbocycles. The number of carbonyl (C=O) groups excluding carboxylic acids is 1. The average molecular weight is 233 g/mol. The predicted molar refractivity (Wildman–Crippen MR) is 68.2 cm³/mol. The first-order valence-corrected chi connectivity index (χ1v) is 6.31. The van der Waals surface area contributed by atoms with Crippen LogP contribution in [0.15, 0.2) is 18.2 Å². The Labute approximate surface area is 102 Å². The van der Waals surface area contributed by atoms with E-state index in [4.69, 9.17) is 0 Å². The van der Waals surface area contributed by atoms with Crippen LogP contribution in [-0.4, -0.2) is 35.4 Å². The predicted octanol–water partition coefficient (Wildman–Crippen LogP) is 2.14. The molecule has 92 valence electrons. The summed E-state index contributed by atoms with van der Waals surface area (Å²) in [6.07, 6.45) is 3.45. The summed E-state index contributed by atoms with van der Waals surface area (Å²) < 4.78 is 0. The number of pyridine rings is 1. The maximum Gasteiger partial charge on any atom is 0.272 e. The minimum Gasteiger partial charge on any atom is -0.370 e. The van der Waals surface area contributed by atoms with Crippen molar-refractivity contribution in [1.82, 2.24) is 9.88 Å². The van der Waals surface area contributed by atoms with Crippen LogP contribution in [0, 0.1) is 0 Å². The number of nitrogens with one attached hydrogen (secondary N) is 1. The number of likely N-dealkylation sites (tertiary alicyclic amines) is 1. The van der Waals surface area contributed by atoms with Gasteiger partial charge in [0.2, 0.25) is 0 Å². The molecule has 2 rings (SSSR count). The molecule has 1 N–H and O–H groups in total. The Hall–Kier alpha value is -1.58. The number of nitrogens with zero attached hydrogens (tertiary/aromatic N) is 2. The van der Waals surface area contributed by atoms with Crippen LogP contribution in [0.3, 0.4) is 0 Å². The number of hydrogen-bond donors (Lipinski definition) is 1. The van der Waals surface area contributed by atoms with Gasteiger partial charge in [-0.2, -0.15) is 0 Å². The van der Waals surface area contributed by atoms with Gasteiger partial charge < -0.3 is 10.2 Å². The van der Waals surface area contributed by atoms with Crippen molar-refractivity contribution >= 4 is 11.7 Å². The lowest BCUT2D eigenvalue weighted by Crippen LogP contribution is -2.36. The minimum atomic E-state index is 0.0597. The molecule has 1 amide bonds. The molecule has 0 spiro atoms. The van der Waals surface area contributed by atoms with Gasteiger partial charge in [-0.05, 0) is 38.3 Å². The van der Waals surface area contributed by atoms with Crippen molar-refractivity contribution in [3.63, 3.8) is 0 Å². The second-order valence-electron chi connectivity index (χ2n) is 4.29. The van der Waals surface area contributed by atoms with Crippen molar-refractivity contribution in [3.8, 4) is 0 Å². The summed E-state index contributed by atoms with van der Waals surface area (Å²) in [5, 5.41) is 3.12. The summed E-state index contributed by atoms with van der Waals surface area (Å²) in [5.41, 5.74) is 0.547. The molecule has 1 aromatic heterocycles. The molecular weight excluding hydrogens is 214 g/mol. The van der Waals surface area contributed by atoms with E-state index in [1.54, 1.807) is 6.07 Å². The molecule has 0 saturated carbocycles. The molecule has 4 nitrogen and oxygen atoms in total. The smallest absolute Gasteiger partial charge is 0.272 e. The SMILES string of the molecule is CCNc1cccc(C(=O)N2CCCCC2)n1. The summed E-state index contributed by atoms with van der Waals surface area (Å²) in [6.45, 7) is 4.56. The number of hydrogen-bond acceptors (Lipinski definition) is 3. The van der Waals surface area contributed by atoms with Crippen LogP contribution in [-0.2, 0) is 0 Å².